The lowest BCUT2D eigenvalue weighted by molar-refractivity contribution is -0.113. The molecule has 0 aliphatic heterocycles. The van der Waals surface area contributed by atoms with Crippen molar-refractivity contribution in [2.24, 2.45) is 0 Å². The quantitative estimate of drug-likeness (QED) is 0.733. The van der Waals surface area contributed by atoms with Gasteiger partial charge in [0.15, 0.2) is 5.82 Å². The molecule has 0 saturated heterocycles. The van der Waals surface area contributed by atoms with Gasteiger partial charge in [-0.25, -0.2) is 13.2 Å². The molecule has 2 aromatic rings. The molecule has 1 N–H and O–H groups in total. The fourth-order valence-corrected chi connectivity index (χ4v) is 3.20. The summed E-state index contributed by atoms with van der Waals surface area (Å²) in [5.74, 6) is -2.22. The fourth-order valence-electron chi connectivity index (χ4n) is 1.87. The van der Waals surface area contributed by atoms with E-state index in [1.54, 1.807) is 12.1 Å². The van der Waals surface area contributed by atoms with Crippen LogP contribution in [0.15, 0.2) is 40.9 Å². The number of hydrogen-bond donors (Lipinski definition) is 1. The van der Waals surface area contributed by atoms with Gasteiger partial charge in [-0.15, -0.1) is 11.8 Å². The molecular formula is C16H13BrF3NOS. The van der Waals surface area contributed by atoms with Gasteiger partial charge in [0.05, 0.1) is 11.4 Å². The predicted molar refractivity (Wildman–Crippen MR) is 90.0 cm³/mol. The van der Waals surface area contributed by atoms with Gasteiger partial charge in [-0.3, -0.25) is 4.79 Å². The Balaban J connectivity index is 1.94. The van der Waals surface area contributed by atoms with Crippen molar-refractivity contribution in [1.82, 2.24) is 0 Å². The topological polar surface area (TPSA) is 29.1 Å². The molecule has 0 aliphatic rings. The van der Waals surface area contributed by atoms with Crippen LogP contribution in [0.2, 0.25) is 0 Å². The number of anilines is 1. The van der Waals surface area contributed by atoms with Gasteiger partial charge in [-0.05, 0) is 46.6 Å². The summed E-state index contributed by atoms with van der Waals surface area (Å²) in [5, 5.41) is 2.39. The smallest absolute Gasteiger partial charge is 0.234 e. The van der Waals surface area contributed by atoms with E-state index in [2.05, 4.69) is 21.2 Å². The minimum Gasteiger partial charge on any atom is -0.322 e. The van der Waals surface area contributed by atoms with Crippen molar-refractivity contribution >= 4 is 39.3 Å². The highest BCUT2D eigenvalue weighted by molar-refractivity contribution is 9.10. The molecule has 0 spiro atoms. The van der Waals surface area contributed by atoms with Gasteiger partial charge in [-0.2, -0.15) is 0 Å². The summed E-state index contributed by atoms with van der Waals surface area (Å²) < 4.78 is 39.7. The molecule has 0 bridgehead atoms. The SMILES string of the molecule is CC(SCC(=O)Nc1c(F)cc(F)cc1Br)c1ccc(F)cc1. The number of amides is 1. The van der Waals surface area contributed by atoms with E-state index in [-0.39, 0.29) is 27.0 Å². The number of rotatable bonds is 5. The number of hydrogen-bond acceptors (Lipinski definition) is 2. The minimum atomic E-state index is -0.846. The first-order chi connectivity index (χ1) is 10.9. The van der Waals surface area contributed by atoms with Crippen molar-refractivity contribution in [2.75, 3.05) is 11.1 Å². The van der Waals surface area contributed by atoms with Crippen molar-refractivity contribution < 1.29 is 18.0 Å². The Bertz CT molecular complexity index is 686. The van der Waals surface area contributed by atoms with Crippen LogP contribution in [0.3, 0.4) is 0 Å². The molecule has 122 valence electrons. The molecule has 2 nitrogen and oxygen atoms in total. The first kappa shape index (κ1) is 17.9. The number of nitrogens with one attached hydrogen (secondary N) is 1. The lowest BCUT2D eigenvalue weighted by Gasteiger charge is -2.12. The zero-order chi connectivity index (χ0) is 17.0. The summed E-state index contributed by atoms with van der Waals surface area (Å²) in [6.07, 6.45) is 0. The Hall–Kier alpha value is -1.47. The van der Waals surface area contributed by atoms with Gasteiger partial charge >= 0.3 is 0 Å². The molecule has 23 heavy (non-hydrogen) atoms. The molecular weight excluding hydrogens is 391 g/mol. The van der Waals surface area contributed by atoms with E-state index < -0.39 is 17.5 Å². The van der Waals surface area contributed by atoms with Gasteiger partial charge in [0, 0.05) is 15.8 Å². The molecule has 0 saturated carbocycles. The summed E-state index contributed by atoms with van der Waals surface area (Å²) in [7, 11) is 0. The fraction of sp³-hybridized carbons (Fsp3) is 0.188. The molecule has 7 heteroatoms. The van der Waals surface area contributed by atoms with E-state index in [1.807, 2.05) is 6.92 Å². The number of halogens is 4. The molecule has 2 rings (SSSR count). The summed E-state index contributed by atoms with van der Waals surface area (Å²) in [4.78, 5) is 11.9. The highest BCUT2D eigenvalue weighted by atomic mass is 79.9. The third-order valence-electron chi connectivity index (χ3n) is 3.08. The summed E-state index contributed by atoms with van der Waals surface area (Å²) in [5.41, 5.74) is 0.796. The van der Waals surface area contributed by atoms with Crippen molar-refractivity contribution in [1.29, 1.82) is 0 Å². The van der Waals surface area contributed by atoms with Crippen LogP contribution in [0, 0.1) is 17.5 Å². The van der Waals surface area contributed by atoms with Crippen LogP contribution in [0.25, 0.3) is 0 Å². The lowest BCUT2D eigenvalue weighted by Crippen LogP contribution is -2.16. The molecule has 1 amide bonds. The molecule has 2 aromatic carbocycles. The van der Waals surface area contributed by atoms with E-state index in [0.29, 0.717) is 6.07 Å². The Morgan fingerprint density at radius 1 is 1.17 bits per heavy atom. The molecule has 0 heterocycles. The molecule has 0 aromatic heterocycles. The van der Waals surface area contributed by atoms with Gasteiger partial charge in [0.25, 0.3) is 0 Å². The number of benzene rings is 2. The largest absolute Gasteiger partial charge is 0.322 e. The highest BCUT2D eigenvalue weighted by Crippen LogP contribution is 2.30. The summed E-state index contributed by atoms with van der Waals surface area (Å²) in [6.45, 7) is 1.89. The van der Waals surface area contributed by atoms with Crippen LogP contribution in [-0.2, 0) is 4.79 Å². The predicted octanol–water partition coefficient (Wildman–Crippen LogP) is 5.30. The third kappa shape index (κ3) is 5.00. The maximum Gasteiger partial charge on any atom is 0.234 e. The first-order valence-corrected chi connectivity index (χ1v) is 8.52. The maximum atomic E-state index is 13.6. The number of carbonyl (C=O) groups is 1. The van der Waals surface area contributed by atoms with E-state index in [1.165, 1.54) is 23.9 Å². The second-order valence-corrected chi connectivity index (χ2v) is 6.98. The second-order valence-electron chi connectivity index (χ2n) is 4.80. The van der Waals surface area contributed by atoms with E-state index >= 15 is 0 Å². The van der Waals surface area contributed by atoms with Crippen LogP contribution in [0.5, 0.6) is 0 Å². The van der Waals surface area contributed by atoms with Crippen LogP contribution in [0.4, 0.5) is 18.9 Å². The van der Waals surface area contributed by atoms with Crippen LogP contribution >= 0.6 is 27.7 Å². The number of thioether (sulfide) groups is 1. The van der Waals surface area contributed by atoms with Gasteiger partial charge in [0.2, 0.25) is 5.91 Å². The summed E-state index contributed by atoms with van der Waals surface area (Å²) >= 11 is 4.34. The average Bonchev–Trinajstić information content (AvgIpc) is 2.49. The zero-order valence-electron chi connectivity index (χ0n) is 12.1. The van der Waals surface area contributed by atoms with Crippen LogP contribution in [0.1, 0.15) is 17.7 Å². The summed E-state index contributed by atoms with van der Waals surface area (Å²) in [6, 6.07) is 7.80. The van der Waals surface area contributed by atoms with Gasteiger partial charge < -0.3 is 5.32 Å². The van der Waals surface area contributed by atoms with Crippen molar-refractivity contribution in [3.8, 4) is 0 Å². The highest BCUT2D eigenvalue weighted by Gasteiger charge is 2.14. The van der Waals surface area contributed by atoms with Gasteiger partial charge in [0.1, 0.15) is 11.6 Å². The number of carbonyl (C=O) groups excluding carboxylic acids is 1. The van der Waals surface area contributed by atoms with Gasteiger partial charge in [-0.1, -0.05) is 12.1 Å². The van der Waals surface area contributed by atoms with E-state index in [0.717, 1.165) is 11.6 Å². The molecule has 1 unspecified atom stereocenters. The molecule has 1 atom stereocenters. The zero-order valence-corrected chi connectivity index (χ0v) is 14.5. The second kappa shape index (κ2) is 7.88. The van der Waals surface area contributed by atoms with Crippen molar-refractivity contribution in [2.45, 2.75) is 12.2 Å². The Kier molecular flexibility index (Phi) is 6.12. The molecule has 0 aliphatic carbocycles. The minimum absolute atomic E-state index is 0.0251. The Labute approximate surface area is 144 Å². The van der Waals surface area contributed by atoms with Crippen LogP contribution < -0.4 is 5.32 Å². The Morgan fingerprint density at radius 3 is 2.43 bits per heavy atom. The molecule has 0 radical (unpaired) electrons. The standard InChI is InChI=1S/C16H13BrF3NOS/c1-9(10-2-4-11(18)5-3-10)23-8-15(22)21-16-13(17)6-12(19)7-14(16)20/h2-7,9H,8H2,1H3,(H,21,22). The average molecular weight is 404 g/mol. The van der Waals surface area contributed by atoms with Crippen molar-refractivity contribution in [3.05, 3.63) is 63.9 Å². The molecule has 0 fully saturated rings. The van der Waals surface area contributed by atoms with E-state index in [9.17, 15) is 18.0 Å². The Morgan fingerprint density at radius 2 is 1.83 bits per heavy atom. The monoisotopic (exact) mass is 403 g/mol. The third-order valence-corrected chi connectivity index (χ3v) is 4.90. The maximum absolute atomic E-state index is 13.6. The van der Waals surface area contributed by atoms with Crippen molar-refractivity contribution in [3.63, 3.8) is 0 Å². The van der Waals surface area contributed by atoms with E-state index in [4.69, 9.17) is 0 Å². The lowest BCUT2D eigenvalue weighted by atomic mass is 10.2. The van der Waals surface area contributed by atoms with Crippen LogP contribution in [-0.4, -0.2) is 11.7 Å². The normalized spacial score (nSPS) is 12.0. The first-order valence-electron chi connectivity index (χ1n) is 6.68.